The van der Waals surface area contributed by atoms with Gasteiger partial charge in [-0.25, -0.2) is 18.4 Å². The SMILES string of the molecule is Cc1nc(C2CCCCN2S(=O)(=O)c2c(C)n[nH]c2C)ncc1C(=O)N1CCCCC1. The summed E-state index contributed by atoms with van der Waals surface area (Å²) in [5.41, 5.74) is 2.08. The van der Waals surface area contributed by atoms with E-state index >= 15 is 0 Å². The van der Waals surface area contributed by atoms with Crippen LogP contribution in [0.3, 0.4) is 0 Å². The van der Waals surface area contributed by atoms with Crippen LogP contribution in [0.5, 0.6) is 0 Å². The lowest BCUT2D eigenvalue weighted by Crippen LogP contribution is -2.40. The minimum Gasteiger partial charge on any atom is -0.339 e. The number of likely N-dealkylation sites (tertiary alicyclic amines) is 1. The van der Waals surface area contributed by atoms with E-state index in [1.165, 1.54) is 4.31 Å². The van der Waals surface area contributed by atoms with Gasteiger partial charge in [0.05, 0.1) is 28.7 Å². The summed E-state index contributed by atoms with van der Waals surface area (Å²) in [5.74, 6) is 0.413. The van der Waals surface area contributed by atoms with Crippen LogP contribution in [0.4, 0.5) is 0 Å². The van der Waals surface area contributed by atoms with E-state index in [1.54, 1.807) is 27.0 Å². The van der Waals surface area contributed by atoms with Crippen LogP contribution in [0.1, 0.15) is 77.8 Å². The number of carbonyl (C=O) groups is 1. The molecule has 4 rings (SSSR count). The number of amides is 1. The molecule has 2 aromatic heterocycles. The maximum absolute atomic E-state index is 13.5. The lowest BCUT2D eigenvalue weighted by molar-refractivity contribution is 0.0722. The Kier molecular flexibility index (Phi) is 6.11. The molecule has 1 amide bonds. The van der Waals surface area contributed by atoms with Crippen molar-refractivity contribution in [3.05, 3.63) is 34.7 Å². The van der Waals surface area contributed by atoms with Crippen LogP contribution in [0.25, 0.3) is 0 Å². The normalized spacial score (nSPS) is 20.7. The lowest BCUT2D eigenvalue weighted by atomic mass is 10.0. The number of sulfonamides is 1. The highest BCUT2D eigenvalue weighted by atomic mass is 32.2. The van der Waals surface area contributed by atoms with E-state index in [1.807, 2.05) is 4.90 Å². The van der Waals surface area contributed by atoms with Crippen molar-refractivity contribution in [1.82, 2.24) is 29.4 Å². The van der Waals surface area contributed by atoms with Gasteiger partial charge in [0, 0.05) is 25.8 Å². The molecule has 168 valence electrons. The van der Waals surface area contributed by atoms with E-state index in [0.29, 0.717) is 41.4 Å². The Morgan fingerprint density at radius 1 is 1.03 bits per heavy atom. The summed E-state index contributed by atoms with van der Waals surface area (Å²) in [6, 6.07) is -0.453. The monoisotopic (exact) mass is 446 g/mol. The van der Waals surface area contributed by atoms with Crippen molar-refractivity contribution in [2.45, 2.75) is 70.2 Å². The van der Waals surface area contributed by atoms with Crippen molar-refractivity contribution in [1.29, 1.82) is 0 Å². The molecule has 2 aromatic rings. The summed E-state index contributed by atoms with van der Waals surface area (Å²) in [6.45, 7) is 7.14. The van der Waals surface area contributed by atoms with Crippen LogP contribution in [0.2, 0.25) is 0 Å². The fourth-order valence-corrected chi connectivity index (χ4v) is 6.60. The molecule has 0 spiro atoms. The van der Waals surface area contributed by atoms with Gasteiger partial charge in [-0.05, 0) is 52.9 Å². The molecule has 2 aliphatic rings. The first-order valence-electron chi connectivity index (χ1n) is 11.0. The Bertz CT molecular complexity index is 1060. The average molecular weight is 447 g/mol. The van der Waals surface area contributed by atoms with Gasteiger partial charge >= 0.3 is 0 Å². The molecule has 1 unspecified atom stereocenters. The van der Waals surface area contributed by atoms with E-state index in [2.05, 4.69) is 20.2 Å². The Labute approximate surface area is 183 Å². The van der Waals surface area contributed by atoms with Gasteiger partial charge in [0.15, 0.2) is 0 Å². The predicted octanol–water partition coefficient (Wildman–Crippen LogP) is 2.67. The standard InChI is InChI=1S/C21H30N6O3S/c1-14-17(21(28)26-10-6-4-7-11-26)13-22-20(23-14)18-9-5-8-12-27(18)31(29,30)19-15(2)24-25-16(19)3/h13,18H,4-12H2,1-3H3,(H,24,25). The van der Waals surface area contributed by atoms with E-state index in [0.717, 1.165) is 45.2 Å². The number of nitrogens with zero attached hydrogens (tertiary/aromatic N) is 5. The first-order chi connectivity index (χ1) is 14.8. The number of aryl methyl sites for hydroxylation is 3. The van der Waals surface area contributed by atoms with E-state index in [9.17, 15) is 13.2 Å². The van der Waals surface area contributed by atoms with Gasteiger partial charge in [0.2, 0.25) is 10.0 Å². The molecule has 1 atom stereocenters. The number of hydrogen-bond acceptors (Lipinski definition) is 6. The van der Waals surface area contributed by atoms with Crippen LogP contribution in [-0.2, 0) is 10.0 Å². The van der Waals surface area contributed by atoms with E-state index in [4.69, 9.17) is 0 Å². The summed E-state index contributed by atoms with van der Waals surface area (Å²) in [7, 11) is -3.75. The number of aromatic amines is 1. The summed E-state index contributed by atoms with van der Waals surface area (Å²) < 4.78 is 28.5. The molecule has 0 bridgehead atoms. The van der Waals surface area contributed by atoms with Gasteiger partial charge in [0.1, 0.15) is 10.7 Å². The van der Waals surface area contributed by atoms with Crippen molar-refractivity contribution < 1.29 is 13.2 Å². The molecule has 1 N–H and O–H groups in total. The third-order valence-electron chi connectivity index (χ3n) is 6.25. The second-order valence-electron chi connectivity index (χ2n) is 8.47. The lowest BCUT2D eigenvalue weighted by Gasteiger charge is -2.34. The number of aromatic nitrogens is 4. The van der Waals surface area contributed by atoms with E-state index in [-0.39, 0.29) is 10.8 Å². The van der Waals surface area contributed by atoms with Crippen molar-refractivity contribution in [3.8, 4) is 0 Å². The Morgan fingerprint density at radius 2 is 1.74 bits per heavy atom. The van der Waals surface area contributed by atoms with Gasteiger partial charge in [-0.2, -0.15) is 9.40 Å². The largest absolute Gasteiger partial charge is 0.339 e. The molecule has 9 nitrogen and oxygen atoms in total. The molecular formula is C21H30N6O3S. The number of carbonyl (C=O) groups excluding carboxylic acids is 1. The summed E-state index contributed by atoms with van der Waals surface area (Å²) in [6.07, 6.45) is 7.10. The van der Waals surface area contributed by atoms with Crippen molar-refractivity contribution in [2.75, 3.05) is 19.6 Å². The number of piperidine rings is 2. The zero-order chi connectivity index (χ0) is 22.2. The van der Waals surface area contributed by atoms with Crippen LogP contribution in [-0.4, -0.2) is 63.3 Å². The third-order valence-corrected chi connectivity index (χ3v) is 8.42. The molecule has 0 saturated carbocycles. The zero-order valence-corrected chi connectivity index (χ0v) is 19.2. The predicted molar refractivity (Wildman–Crippen MR) is 115 cm³/mol. The number of nitrogens with one attached hydrogen (secondary N) is 1. The molecule has 0 aromatic carbocycles. The first-order valence-corrected chi connectivity index (χ1v) is 12.4. The summed E-state index contributed by atoms with van der Waals surface area (Å²) in [4.78, 5) is 24.1. The van der Waals surface area contributed by atoms with Gasteiger partial charge in [-0.1, -0.05) is 6.42 Å². The highest BCUT2D eigenvalue weighted by Crippen LogP contribution is 2.35. The maximum atomic E-state index is 13.5. The van der Waals surface area contributed by atoms with Gasteiger partial charge in [-0.15, -0.1) is 0 Å². The first kappa shape index (κ1) is 21.9. The van der Waals surface area contributed by atoms with Crippen LogP contribution in [0.15, 0.2) is 11.1 Å². The minimum atomic E-state index is -3.75. The van der Waals surface area contributed by atoms with Gasteiger partial charge in [0.25, 0.3) is 5.91 Å². The topological polar surface area (TPSA) is 112 Å². The Balaban J connectivity index is 1.64. The molecule has 2 aliphatic heterocycles. The third kappa shape index (κ3) is 4.10. The second-order valence-corrected chi connectivity index (χ2v) is 10.3. The summed E-state index contributed by atoms with van der Waals surface area (Å²) >= 11 is 0. The highest BCUT2D eigenvalue weighted by molar-refractivity contribution is 7.89. The number of rotatable bonds is 4. The van der Waals surface area contributed by atoms with Crippen molar-refractivity contribution >= 4 is 15.9 Å². The fourth-order valence-electron chi connectivity index (χ4n) is 4.61. The quantitative estimate of drug-likeness (QED) is 0.773. The molecule has 4 heterocycles. The maximum Gasteiger partial charge on any atom is 0.257 e. The molecular weight excluding hydrogens is 416 g/mol. The average Bonchev–Trinajstić information content (AvgIpc) is 3.12. The van der Waals surface area contributed by atoms with Gasteiger partial charge in [-0.3, -0.25) is 9.89 Å². The molecule has 0 aliphatic carbocycles. The Hall–Kier alpha value is -2.33. The van der Waals surface area contributed by atoms with E-state index < -0.39 is 16.1 Å². The summed E-state index contributed by atoms with van der Waals surface area (Å²) in [5, 5.41) is 6.83. The smallest absolute Gasteiger partial charge is 0.257 e. The molecule has 10 heteroatoms. The van der Waals surface area contributed by atoms with Crippen LogP contribution < -0.4 is 0 Å². The zero-order valence-electron chi connectivity index (χ0n) is 18.4. The van der Waals surface area contributed by atoms with Crippen LogP contribution in [0, 0.1) is 20.8 Å². The second kappa shape index (κ2) is 8.66. The molecule has 31 heavy (non-hydrogen) atoms. The molecule has 2 fully saturated rings. The molecule has 2 saturated heterocycles. The molecule has 0 radical (unpaired) electrons. The fraction of sp³-hybridized carbons (Fsp3) is 0.619. The highest BCUT2D eigenvalue weighted by Gasteiger charge is 2.38. The number of H-pyrrole nitrogens is 1. The minimum absolute atomic E-state index is 0.0403. The number of hydrogen-bond donors (Lipinski definition) is 1. The van der Waals surface area contributed by atoms with Gasteiger partial charge < -0.3 is 4.90 Å². The van der Waals surface area contributed by atoms with Crippen molar-refractivity contribution in [2.24, 2.45) is 0 Å². The van der Waals surface area contributed by atoms with Crippen molar-refractivity contribution in [3.63, 3.8) is 0 Å². The van der Waals surface area contributed by atoms with Crippen LogP contribution >= 0.6 is 0 Å². The Morgan fingerprint density at radius 3 is 2.39 bits per heavy atom.